The largest absolute Gasteiger partial charge is 0.337 e. The van der Waals surface area contributed by atoms with Gasteiger partial charge in [0.05, 0.1) is 17.9 Å². The van der Waals surface area contributed by atoms with Crippen molar-refractivity contribution in [1.29, 1.82) is 0 Å². The van der Waals surface area contributed by atoms with Crippen molar-refractivity contribution in [3.05, 3.63) is 47.7 Å². The zero-order chi connectivity index (χ0) is 17.1. The molecular weight excluding hydrogens is 318 g/mol. The summed E-state index contributed by atoms with van der Waals surface area (Å²) < 4.78 is 7.45. The lowest BCUT2D eigenvalue weighted by Gasteiger charge is -2.11. The fourth-order valence-corrected chi connectivity index (χ4v) is 2.98. The highest BCUT2D eigenvalue weighted by atomic mass is 16.5. The van der Waals surface area contributed by atoms with Crippen molar-refractivity contribution in [2.24, 2.45) is 0 Å². The van der Waals surface area contributed by atoms with E-state index in [0.29, 0.717) is 24.0 Å². The first-order valence-corrected chi connectivity index (χ1v) is 8.47. The van der Waals surface area contributed by atoms with Crippen LogP contribution in [0.5, 0.6) is 0 Å². The quantitative estimate of drug-likeness (QED) is 0.753. The lowest BCUT2D eigenvalue weighted by molar-refractivity contribution is 0.258. The van der Waals surface area contributed by atoms with Gasteiger partial charge in [-0.05, 0) is 38.2 Å². The first kappa shape index (κ1) is 15.9. The van der Waals surface area contributed by atoms with Gasteiger partial charge < -0.3 is 9.84 Å². The maximum absolute atomic E-state index is 5.35. The third kappa shape index (κ3) is 3.75. The molecule has 0 fully saturated rings. The summed E-state index contributed by atoms with van der Waals surface area (Å²) in [5.41, 5.74) is 3.02. The third-order valence-electron chi connectivity index (χ3n) is 4.14. The molecule has 4 rings (SSSR count). The van der Waals surface area contributed by atoms with Gasteiger partial charge in [0.2, 0.25) is 11.7 Å². The molecule has 0 amide bonds. The number of hydrogen-bond donors (Lipinski definition) is 1. The molecule has 1 aliphatic rings. The summed E-state index contributed by atoms with van der Waals surface area (Å²) in [6.07, 6.45) is 2.83. The molecule has 1 N–H and O–H groups in total. The molecule has 0 atom stereocenters. The number of hydrogen-bond acceptors (Lipinski definition) is 7. The van der Waals surface area contributed by atoms with E-state index in [1.165, 1.54) is 5.69 Å². The number of nitrogens with one attached hydrogen (secondary N) is 1. The predicted molar refractivity (Wildman–Crippen MR) is 91.3 cm³/mol. The van der Waals surface area contributed by atoms with E-state index in [2.05, 4.69) is 36.1 Å². The van der Waals surface area contributed by atoms with E-state index < -0.39 is 0 Å². The van der Waals surface area contributed by atoms with Gasteiger partial charge in [-0.15, -0.1) is 0 Å². The fourth-order valence-electron chi connectivity index (χ4n) is 2.98. The molecule has 8 nitrogen and oxygen atoms in total. The number of fused-ring (bicyclic) bond motifs is 1. The Morgan fingerprint density at radius 2 is 2.28 bits per heavy atom. The van der Waals surface area contributed by atoms with Crippen LogP contribution in [0.3, 0.4) is 0 Å². The monoisotopic (exact) mass is 339 g/mol. The summed E-state index contributed by atoms with van der Waals surface area (Å²) in [5, 5.41) is 12.1. The van der Waals surface area contributed by atoms with Crippen molar-refractivity contribution in [2.45, 2.75) is 32.6 Å². The molecule has 3 aromatic rings. The molecule has 0 saturated heterocycles. The molecule has 130 valence electrons. The summed E-state index contributed by atoms with van der Waals surface area (Å²) in [6.45, 7) is 4.22. The lowest BCUT2D eigenvalue weighted by Crippen LogP contribution is -2.18. The van der Waals surface area contributed by atoms with Crippen LogP contribution >= 0.6 is 0 Å². The van der Waals surface area contributed by atoms with Gasteiger partial charge in [-0.25, -0.2) is 0 Å². The molecule has 0 unspecified atom stereocenters. The zero-order valence-corrected chi connectivity index (χ0v) is 14.2. The normalized spacial score (nSPS) is 14.5. The number of nitrogens with zero attached hydrogens (tertiary/aromatic N) is 6. The van der Waals surface area contributed by atoms with Crippen LogP contribution in [0.1, 0.15) is 23.7 Å². The smallest absolute Gasteiger partial charge is 0.241 e. The Hall–Kier alpha value is -2.58. The van der Waals surface area contributed by atoms with Crippen LogP contribution in [0.25, 0.3) is 11.5 Å². The van der Waals surface area contributed by atoms with E-state index >= 15 is 0 Å². The van der Waals surface area contributed by atoms with Crippen LogP contribution in [-0.2, 0) is 26.2 Å². The third-order valence-corrected chi connectivity index (χ3v) is 4.14. The van der Waals surface area contributed by atoms with Gasteiger partial charge in [-0.1, -0.05) is 11.2 Å². The summed E-state index contributed by atoms with van der Waals surface area (Å²) in [6, 6.07) is 7.80. The Labute approximate surface area is 145 Å². The first-order chi connectivity index (χ1) is 12.3. The molecule has 1 aliphatic heterocycles. The molecular formula is C17H21N7O. The van der Waals surface area contributed by atoms with E-state index in [-0.39, 0.29) is 0 Å². The Kier molecular flexibility index (Phi) is 4.53. The van der Waals surface area contributed by atoms with Crippen LogP contribution in [0.4, 0.5) is 0 Å². The van der Waals surface area contributed by atoms with Crippen molar-refractivity contribution in [3.8, 4) is 11.5 Å². The molecule has 0 radical (unpaired) electrons. The Bertz CT molecular complexity index is 803. The zero-order valence-electron chi connectivity index (χ0n) is 14.2. The second-order valence-corrected chi connectivity index (χ2v) is 6.28. The molecule has 0 aliphatic carbocycles. The number of aromatic nitrogens is 5. The van der Waals surface area contributed by atoms with Crippen molar-refractivity contribution in [2.75, 3.05) is 13.6 Å². The predicted octanol–water partition coefficient (Wildman–Crippen LogP) is 1.45. The van der Waals surface area contributed by atoms with E-state index in [4.69, 9.17) is 9.62 Å². The average Bonchev–Trinajstić information content (AvgIpc) is 3.17. The topological polar surface area (TPSA) is 84.9 Å². The lowest BCUT2D eigenvalue weighted by atomic mass is 10.3. The fraction of sp³-hybridized carbons (Fsp3) is 0.412. The summed E-state index contributed by atoms with van der Waals surface area (Å²) in [7, 11) is 2.02. The molecule has 0 bridgehead atoms. The molecule has 0 saturated carbocycles. The minimum absolute atomic E-state index is 0.517. The SMILES string of the molecule is CN(Cc1cc2n(n1)CCCNC2)Cc1nc(-c2ccccn2)no1. The average molecular weight is 339 g/mol. The van der Waals surface area contributed by atoms with Gasteiger partial charge in [0.15, 0.2) is 0 Å². The van der Waals surface area contributed by atoms with Crippen LogP contribution in [0, 0.1) is 0 Å². The summed E-state index contributed by atoms with van der Waals surface area (Å²) in [4.78, 5) is 10.8. The second kappa shape index (κ2) is 7.12. The van der Waals surface area contributed by atoms with Gasteiger partial charge >= 0.3 is 0 Å². The van der Waals surface area contributed by atoms with Gasteiger partial charge in [-0.3, -0.25) is 14.6 Å². The van der Waals surface area contributed by atoms with Crippen LogP contribution in [0.15, 0.2) is 35.0 Å². The van der Waals surface area contributed by atoms with Gasteiger partial charge in [0.1, 0.15) is 5.69 Å². The highest BCUT2D eigenvalue weighted by Crippen LogP contribution is 2.14. The van der Waals surface area contributed by atoms with E-state index in [1.54, 1.807) is 6.20 Å². The molecule has 0 spiro atoms. The van der Waals surface area contributed by atoms with Crippen LogP contribution in [0.2, 0.25) is 0 Å². The van der Waals surface area contributed by atoms with Gasteiger partial charge in [0, 0.05) is 25.8 Å². The Balaban J connectivity index is 1.39. The molecule has 3 aromatic heterocycles. The maximum atomic E-state index is 5.35. The van der Waals surface area contributed by atoms with Crippen LogP contribution < -0.4 is 5.32 Å². The minimum Gasteiger partial charge on any atom is -0.337 e. The molecule has 4 heterocycles. The highest BCUT2D eigenvalue weighted by molar-refractivity contribution is 5.46. The van der Waals surface area contributed by atoms with E-state index in [9.17, 15) is 0 Å². The van der Waals surface area contributed by atoms with Crippen molar-refractivity contribution < 1.29 is 4.52 Å². The van der Waals surface area contributed by atoms with Crippen molar-refractivity contribution >= 4 is 0 Å². The minimum atomic E-state index is 0.517. The van der Waals surface area contributed by atoms with Crippen molar-refractivity contribution in [1.82, 2.24) is 35.1 Å². The summed E-state index contributed by atoms with van der Waals surface area (Å²) in [5.74, 6) is 1.09. The Morgan fingerprint density at radius 3 is 3.16 bits per heavy atom. The molecule has 8 heteroatoms. The van der Waals surface area contributed by atoms with Gasteiger partial charge in [-0.2, -0.15) is 10.1 Å². The highest BCUT2D eigenvalue weighted by Gasteiger charge is 2.15. The number of rotatable bonds is 5. The number of aryl methyl sites for hydroxylation is 1. The number of pyridine rings is 1. The van der Waals surface area contributed by atoms with Crippen molar-refractivity contribution in [3.63, 3.8) is 0 Å². The molecule has 0 aromatic carbocycles. The van der Waals surface area contributed by atoms with E-state index in [0.717, 1.165) is 38.3 Å². The Morgan fingerprint density at radius 1 is 1.32 bits per heavy atom. The summed E-state index contributed by atoms with van der Waals surface area (Å²) >= 11 is 0. The van der Waals surface area contributed by atoms with E-state index in [1.807, 2.05) is 25.2 Å². The van der Waals surface area contributed by atoms with Gasteiger partial charge in [0.25, 0.3) is 0 Å². The first-order valence-electron chi connectivity index (χ1n) is 8.47. The second-order valence-electron chi connectivity index (χ2n) is 6.28. The molecule has 25 heavy (non-hydrogen) atoms. The standard InChI is InChI=1S/C17H21N7O/c1-23(11-13-9-14-10-18-6-4-8-24(14)21-13)12-16-20-17(22-25-16)15-5-2-3-7-19-15/h2-3,5,7,9,18H,4,6,8,10-12H2,1H3. The van der Waals surface area contributed by atoms with Crippen LogP contribution in [-0.4, -0.2) is 43.4 Å². The maximum Gasteiger partial charge on any atom is 0.241 e.